The van der Waals surface area contributed by atoms with Crippen molar-refractivity contribution >= 4 is 11.6 Å². The predicted molar refractivity (Wildman–Crippen MR) is 98.5 cm³/mol. The monoisotopic (exact) mass is 327 g/mol. The molecule has 0 fully saturated rings. The second kappa shape index (κ2) is 8.93. The number of aliphatic imine (C=N–C) groups is 1. The van der Waals surface area contributed by atoms with E-state index in [0.29, 0.717) is 25.7 Å². The maximum absolute atomic E-state index is 6.01. The molecule has 128 valence electrons. The smallest absolute Gasteiger partial charge is 0.193 e. The Balaban J connectivity index is 2.03. The highest BCUT2D eigenvalue weighted by Crippen LogP contribution is 2.20. The van der Waals surface area contributed by atoms with Gasteiger partial charge in [0.15, 0.2) is 5.96 Å². The van der Waals surface area contributed by atoms with Gasteiger partial charge in [-0.1, -0.05) is 30.3 Å². The highest BCUT2D eigenvalue weighted by molar-refractivity contribution is 5.92. The van der Waals surface area contributed by atoms with Gasteiger partial charge < -0.3 is 20.5 Å². The molecular weight excluding hydrogens is 302 g/mol. The fraction of sp³-hybridized carbons (Fsp3) is 0.316. The molecular formula is C19H25N3O2. The summed E-state index contributed by atoms with van der Waals surface area (Å²) >= 11 is 0. The van der Waals surface area contributed by atoms with Crippen molar-refractivity contribution in [2.24, 2.45) is 10.7 Å². The van der Waals surface area contributed by atoms with E-state index in [2.05, 4.69) is 16.4 Å². The number of benzene rings is 2. The summed E-state index contributed by atoms with van der Waals surface area (Å²) in [7, 11) is 1.67. The second-order valence-electron chi connectivity index (χ2n) is 5.45. The topological polar surface area (TPSA) is 68.9 Å². The molecule has 0 amide bonds. The Bertz CT molecular complexity index is 699. The van der Waals surface area contributed by atoms with Gasteiger partial charge in [0.1, 0.15) is 5.75 Å². The van der Waals surface area contributed by atoms with Crippen molar-refractivity contribution in [2.75, 3.05) is 19.0 Å². The van der Waals surface area contributed by atoms with Crippen LogP contribution in [0.4, 0.5) is 5.69 Å². The van der Waals surface area contributed by atoms with E-state index in [1.165, 1.54) is 0 Å². The number of para-hydroxylation sites is 1. The van der Waals surface area contributed by atoms with Gasteiger partial charge in [-0.3, -0.25) is 0 Å². The Kier molecular flexibility index (Phi) is 6.63. The van der Waals surface area contributed by atoms with E-state index in [1.807, 2.05) is 50.2 Å². The first-order chi connectivity index (χ1) is 11.6. The number of nitrogens with two attached hydrogens (primary N) is 1. The van der Waals surface area contributed by atoms with Crippen molar-refractivity contribution in [3.8, 4) is 5.75 Å². The molecule has 3 N–H and O–H groups in total. The number of anilines is 1. The van der Waals surface area contributed by atoms with Crippen molar-refractivity contribution in [1.82, 2.24) is 0 Å². The van der Waals surface area contributed by atoms with E-state index < -0.39 is 0 Å². The molecule has 0 saturated carbocycles. The normalized spacial score (nSPS) is 11.4. The van der Waals surface area contributed by atoms with Gasteiger partial charge in [-0.2, -0.15) is 0 Å². The van der Waals surface area contributed by atoms with Gasteiger partial charge in [0, 0.05) is 18.4 Å². The summed E-state index contributed by atoms with van der Waals surface area (Å²) in [4.78, 5) is 4.41. The van der Waals surface area contributed by atoms with Crippen LogP contribution in [-0.4, -0.2) is 19.7 Å². The molecule has 0 unspecified atom stereocenters. The summed E-state index contributed by atoms with van der Waals surface area (Å²) in [5.41, 5.74) is 10.1. The van der Waals surface area contributed by atoms with Gasteiger partial charge in [0.2, 0.25) is 0 Å². The van der Waals surface area contributed by atoms with Crippen LogP contribution in [-0.2, 0) is 17.9 Å². The summed E-state index contributed by atoms with van der Waals surface area (Å²) in [6.45, 7) is 5.70. The van der Waals surface area contributed by atoms with Gasteiger partial charge >= 0.3 is 0 Å². The number of rotatable bonds is 7. The molecule has 0 aliphatic rings. The third-order valence-corrected chi connectivity index (χ3v) is 3.55. The van der Waals surface area contributed by atoms with E-state index in [9.17, 15) is 0 Å². The number of nitrogens with zero attached hydrogens (tertiary/aromatic N) is 1. The summed E-state index contributed by atoms with van der Waals surface area (Å²) in [6.07, 6.45) is 0. The Labute approximate surface area is 143 Å². The highest BCUT2D eigenvalue weighted by atomic mass is 16.5. The first kappa shape index (κ1) is 17.8. The minimum absolute atomic E-state index is 0.380. The zero-order valence-electron chi connectivity index (χ0n) is 14.5. The second-order valence-corrected chi connectivity index (χ2v) is 5.45. The van der Waals surface area contributed by atoms with Crippen molar-refractivity contribution < 1.29 is 9.47 Å². The number of hydrogen-bond donors (Lipinski definition) is 2. The molecule has 0 bridgehead atoms. The maximum atomic E-state index is 6.01. The fourth-order valence-corrected chi connectivity index (χ4v) is 2.40. The zero-order valence-corrected chi connectivity index (χ0v) is 14.5. The first-order valence-corrected chi connectivity index (χ1v) is 8.00. The molecule has 2 aromatic rings. The fourth-order valence-electron chi connectivity index (χ4n) is 2.40. The lowest BCUT2D eigenvalue weighted by Crippen LogP contribution is -2.23. The van der Waals surface area contributed by atoms with E-state index in [1.54, 1.807) is 7.11 Å². The van der Waals surface area contributed by atoms with Crippen LogP contribution in [0, 0.1) is 6.92 Å². The van der Waals surface area contributed by atoms with Crippen molar-refractivity contribution in [3.05, 3.63) is 59.2 Å². The molecule has 0 aromatic heterocycles. The van der Waals surface area contributed by atoms with Crippen molar-refractivity contribution in [3.63, 3.8) is 0 Å². The van der Waals surface area contributed by atoms with Crippen LogP contribution in [0.15, 0.2) is 47.5 Å². The van der Waals surface area contributed by atoms with Crippen LogP contribution in [0.25, 0.3) is 0 Å². The average molecular weight is 327 g/mol. The largest absolute Gasteiger partial charge is 0.494 e. The molecule has 2 rings (SSSR count). The van der Waals surface area contributed by atoms with Crippen LogP contribution < -0.4 is 15.8 Å². The van der Waals surface area contributed by atoms with Crippen LogP contribution in [0.5, 0.6) is 5.75 Å². The number of ether oxygens (including phenoxy) is 2. The predicted octanol–water partition coefficient (Wildman–Crippen LogP) is 3.47. The van der Waals surface area contributed by atoms with Gasteiger partial charge in [0.05, 0.1) is 19.8 Å². The molecule has 0 atom stereocenters. The zero-order chi connectivity index (χ0) is 17.4. The van der Waals surface area contributed by atoms with E-state index in [4.69, 9.17) is 15.2 Å². The molecule has 0 spiro atoms. The molecule has 5 heteroatoms. The minimum atomic E-state index is 0.380. The first-order valence-electron chi connectivity index (χ1n) is 8.00. The molecule has 5 nitrogen and oxygen atoms in total. The number of nitrogens with one attached hydrogen (secondary N) is 1. The lowest BCUT2D eigenvalue weighted by Gasteiger charge is -2.11. The van der Waals surface area contributed by atoms with Crippen LogP contribution >= 0.6 is 0 Å². The molecule has 0 heterocycles. The van der Waals surface area contributed by atoms with Gasteiger partial charge in [-0.15, -0.1) is 0 Å². The number of aryl methyl sites for hydroxylation is 1. The number of hydrogen-bond acceptors (Lipinski definition) is 3. The van der Waals surface area contributed by atoms with Crippen molar-refractivity contribution in [1.29, 1.82) is 0 Å². The van der Waals surface area contributed by atoms with E-state index in [0.717, 1.165) is 28.1 Å². The Morgan fingerprint density at radius 3 is 2.71 bits per heavy atom. The van der Waals surface area contributed by atoms with Crippen LogP contribution in [0.2, 0.25) is 0 Å². The van der Waals surface area contributed by atoms with Gasteiger partial charge in [0.25, 0.3) is 0 Å². The summed E-state index contributed by atoms with van der Waals surface area (Å²) in [5, 5.41) is 3.13. The molecule has 0 aliphatic heterocycles. The Morgan fingerprint density at radius 1 is 1.21 bits per heavy atom. The van der Waals surface area contributed by atoms with Crippen LogP contribution in [0.1, 0.15) is 23.6 Å². The number of methoxy groups -OCH3 is 1. The SMILES string of the molecule is CCOc1ccc(CN=C(N)Nc2ccccc2COC)cc1C. The minimum Gasteiger partial charge on any atom is -0.494 e. The summed E-state index contributed by atoms with van der Waals surface area (Å²) < 4.78 is 10.7. The quantitative estimate of drug-likeness (QED) is 0.603. The molecule has 2 aromatic carbocycles. The van der Waals surface area contributed by atoms with E-state index >= 15 is 0 Å². The maximum Gasteiger partial charge on any atom is 0.193 e. The lowest BCUT2D eigenvalue weighted by atomic mass is 10.1. The average Bonchev–Trinajstić information content (AvgIpc) is 2.57. The molecule has 0 saturated heterocycles. The lowest BCUT2D eigenvalue weighted by molar-refractivity contribution is 0.185. The van der Waals surface area contributed by atoms with Crippen LogP contribution in [0.3, 0.4) is 0 Å². The van der Waals surface area contributed by atoms with Gasteiger partial charge in [-0.25, -0.2) is 4.99 Å². The molecule has 0 aliphatic carbocycles. The Hall–Kier alpha value is -2.53. The third kappa shape index (κ3) is 4.99. The highest BCUT2D eigenvalue weighted by Gasteiger charge is 2.03. The third-order valence-electron chi connectivity index (χ3n) is 3.55. The summed E-state index contributed by atoms with van der Waals surface area (Å²) in [6, 6.07) is 13.9. The van der Waals surface area contributed by atoms with E-state index in [-0.39, 0.29) is 0 Å². The molecule has 24 heavy (non-hydrogen) atoms. The standard InChI is InChI=1S/C19H25N3O2/c1-4-24-18-10-9-15(11-14(18)2)12-21-19(20)22-17-8-6-5-7-16(17)13-23-3/h5-11H,4,12-13H2,1-3H3,(H3,20,21,22). The van der Waals surface area contributed by atoms with Crippen molar-refractivity contribution in [2.45, 2.75) is 27.0 Å². The Morgan fingerprint density at radius 2 is 2.00 bits per heavy atom. The summed E-state index contributed by atoms with van der Waals surface area (Å²) in [5.74, 6) is 1.29. The number of guanidine groups is 1. The van der Waals surface area contributed by atoms with Gasteiger partial charge in [-0.05, 0) is 37.1 Å². The molecule has 0 radical (unpaired) electrons.